The van der Waals surface area contributed by atoms with Crippen LogP contribution in [0.4, 0.5) is 4.79 Å². The summed E-state index contributed by atoms with van der Waals surface area (Å²) in [4.78, 5) is 9.34. The lowest BCUT2D eigenvalue weighted by atomic mass is 10.4. The molecule has 0 N–H and O–H groups in total. The first-order valence-corrected chi connectivity index (χ1v) is 5.12. The molecule has 92 valence electrons. The van der Waals surface area contributed by atoms with Crippen LogP contribution in [0, 0.1) is 0 Å². The van der Waals surface area contributed by atoms with Crippen molar-refractivity contribution in [3.8, 4) is 0 Å². The van der Waals surface area contributed by atoms with Gasteiger partial charge < -0.3 is 23.9 Å². The molecule has 0 aromatic rings. The van der Waals surface area contributed by atoms with Crippen LogP contribution in [0.15, 0.2) is 0 Å². The molecule has 0 heterocycles. The van der Waals surface area contributed by atoms with Crippen molar-refractivity contribution in [2.45, 2.75) is 20.8 Å². The first kappa shape index (κ1) is 16.6. The van der Waals surface area contributed by atoms with Crippen LogP contribution in [0.2, 0.25) is 0 Å². The van der Waals surface area contributed by atoms with Gasteiger partial charge in [-0.3, -0.25) is 0 Å². The summed E-state index contributed by atoms with van der Waals surface area (Å²) in [7, 11) is 3.61. The van der Waals surface area contributed by atoms with Crippen molar-refractivity contribution in [1.82, 2.24) is 0 Å². The van der Waals surface area contributed by atoms with E-state index in [0.29, 0.717) is 0 Å². The molecular weight excluding hydrogens is 198 g/mol. The topological polar surface area (TPSA) is 58.6 Å². The van der Waals surface area contributed by atoms with Crippen molar-refractivity contribution < 1.29 is 23.9 Å². The fourth-order valence-corrected chi connectivity index (χ4v) is 0.778. The van der Waals surface area contributed by atoms with Crippen molar-refractivity contribution in [3.05, 3.63) is 0 Å². The zero-order valence-corrected chi connectivity index (χ0v) is 10.4. The molecule has 0 aliphatic carbocycles. The summed E-state index contributed by atoms with van der Waals surface area (Å²) in [5.74, 6) is 0. The van der Waals surface area contributed by atoms with Gasteiger partial charge in [0.05, 0.1) is 26.7 Å². The molecule has 15 heavy (non-hydrogen) atoms. The second kappa shape index (κ2) is 9.73. The lowest BCUT2D eigenvalue weighted by Crippen LogP contribution is -2.42. The van der Waals surface area contributed by atoms with Gasteiger partial charge in [-0.1, -0.05) is 0 Å². The number of hydrogen-bond acceptors (Lipinski definition) is 4. The Morgan fingerprint density at radius 3 is 1.67 bits per heavy atom. The third-order valence-corrected chi connectivity index (χ3v) is 2.58. The van der Waals surface area contributed by atoms with Gasteiger partial charge in [0.25, 0.3) is 6.16 Å². The van der Waals surface area contributed by atoms with Crippen molar-refractivity contribution in [1.29, 1.82) is 0 Å². The van der Waals surface area contributed by atoms with E-state index in [4.69, 9.17) is 0 Å². The number of ether oxygens (including phenoxy) is 2. The monoisotopic (exact) mass is 221 g/mol. The number of nitrogens with zero attached hydrogens (tertiary/aromatic N) is 1. The highest BCUT2D eigenvalue weighted by Crippen LogP contribution is 1.97. The Labute approximate surface area is 92.2 Å². The Hall–Kier alpha value is -0.810. The van der Waals surface area contributed by atoms with Crippen molar-refractivity contribution >= 4 is 6.16 Å². The first-order valence-electron chi connectivity index (χ1n) is 5.12. The molecule has 5 heteroatoms. The number of hydrogen-bond donors (Lipinski definition) is 0. The van der Waals surface area contributed by atoms with Crippen LogP contribution in [-0.2, 0) is 9.47 Å². The van der Waals surface area contributed by atoms with Gasteiger partial charge in [-0.25, -0.2) is 0 Å². The third-order valence-electron chi connectivity index (χ3n) is 2.58. The second-order valence-electron chi connectivity index (χ2n) is 3.37. The highest BCUT2D eigenvalue weighted by atomic mass is 16.7. The Bertz CT molecular complexity index is 149. The number of methoxy groups -OCH3 is 1. The van der Waals surface area contributed by atoms with E-state index in [2.05, 4.69) is 37.3 Å². The average molecular weight is 221 g/mol. The lowest BCUT2D eigenvalue weighted by molar-refractivity contribution is -0.904. The second-order valence-corrected chi connectivity index (χ2v) is 3.37. The van der Waals surface area contributed by atoms with Crippen molar-refractivity contribution in [2.24, 2.45) is 0 Å². The molecule has 0 saturated carbocycles. The van der Waals surface area contributed by atoms with Crippen molar-refractivity contribution in [2.75, 3.05) is 40.6 Å². The summed E-state index contributed by atoms with van der Waals surface area (Å²) in [5.41, 5.74) is 0. The van der Waals surface area contributed by atoms with Crippen LogP contribution in [0.5, 0.6) is 0 Å². The molecule has 0 rings (SSSR count). The van der Waals surface area contributed by atoms with Gasteiger partial charge in [0, 0.05) is 7.11 Å². The largest absolute Gasteiger partial charge is 0.524 e. The molecule has 0 unspecified atom stereocenters. The van der Waals surface area contributed by atoms with Gasteiger partial charge in [-0.05, 0) is 20.8 Å². The summed E-state index contributed by atoms with van der Waals surface area (Å²) in [6, 6.07) is 0. The van der Waals surface area contributed by atoms with Crippen molar-refractivity contribution in [3.63, 3.8) is 0 Å². The van der Waals surface area contributed by atoms with E-state index >= 15 is 0 Å². The minimum atomic E-state index is -1.57. The van der Waals surface area contributed by atoms with E-state index in [0.717, 1.165) is 0 Å². The van der Waals surface area contributed by atoms with Gasteiger partial charge in [0.15, 0.2) is 0 Å². The molecule has 5 nitrogen and oxygen atoms in total. The predicted molar refractivity (Wildman–Crippen MR) is 56.2 cm³/mol. The quantitative estimate of drug-likeness (QED) is 0.384. The molecule has 0 radical (unpaired) electrons. The van der Waals surface area contributed by atoms with E-state index in [-0.39, 0.29) is 6.79 Å². The van der Waals surface area contributed by atoms with Gasteiger partial charge >= 0.3 is 0 Å². The van der Waals surface area contributed by atoms with E-state index in [1.165, 1.54) is 31.2 Å². The highest BCUT2D eigenvalue weighted by Gasteiger charge is 2.10. The van der Waals surface area contributed by atoms with E-state index in [9.17, 15) is 9.90 Å². The normalized spacial score (nSPS) is 10.2. The van der Waals surface area contributed by atoms with Crippen LogP contribution in [-0.4, -0.2) is 51.2 Å². The molecule has 0 aliphatic rings. The minimum absolute atomic E-state index is 0.262. The smallest absolute Gasteiger partial charge is 0.253 e. The third kappa shape index (κ3) is 11.1. The van der Waals surface area contributed by atoms with Gasteiger partial charge in [-0.15, -0.1) is 0 Å². The maximum atomic E-state index is 9.34. The molecule has 0 bridgehead atoms. The predicted octanol–water partition coefficient (Wildman–Crippen LogP) is 0.443. The summed E-state index contributed by atoms with van der Waals surface area (Å²) in [6.45, 7) is 10.2. The standard InChI is InChI=1S/C7H18N.C3H6O4/c1-5-8(4,6-2)7-3;1-6-2-7-3(4)5/h5-7H2,1-4H3;2H2,1H3,(H,4,5)/q+1;/p-1. The number of rotatable bonds is 5. The molecule has 0 atom stereocenters. The van der Waals surface area contributed by atoms with E-state index in [1.54, 1.807) is 0 Å². The Balaban J connectivity index is 0. The fraction of sp³-hybridized carbons (Fsp3) is 0.900. The van der Waals surface area contributed by atoms with Gasteiger partial charge in [0.1, 0.15) is 6.79 Å². The fourth-order valence-electron chi connectivity index (χ4n) is 0.778. The number of carbonyl (C=O) groups is 1. The summed E-state index contributed by atoms with van der Waals surface area (Å²) in [6.07, 6.45) is -1.57. The van der Waals surface area contributed by atoms with E-state index in [1.807, 2.05) is 0 Å². The maximum absolute atomic E-state index is 9.34. The Kier molecular flexibility index (Phi) is 10.8. The first-order chi connectivity index (χ1) is 6.95. The Morgan fingerprint density at radius 1 is 1.20 bits per heavy atom. The number of carboxylic acid groups (broad SMARTS) is 1. The van der Waals surface area contributed by atoms with Crippen LogP contribution in [0.3, 0.4) is 0 Å². The Morgan fingerprint density at radius 2 is 1.60 bits per heavy atom. The van der Waals surface area contributed by atoms with Crippen LogP contribution in [0.25, 0.3) is 0 Å². The lowest BCUT2D eigenvalue weighted by Gasteiger charge is -2.30. The molecule has 0 saturated heterocycles. The van der Waals surface area contributed by atoms with Crippen LogP contribution in [0.1, 0.15) is 20.8 Å². The summed E-state index contributed by atoms with van der Waals surface area (Å²) in [5, 5.41) is 9.34. The molecular formula is C10H23NO4. The molecule has 0 amide bonds. The minimum Gasteiger partial charge on any atom is -0.524 e. The zero-order chi connectivity index (χ0) is 12.3. The molecule has 0 fully saturated rings. The molecule has 0 spiro atoms. The molecule has 0 aromatic heterocycles. The SMILES string of the molecule is CC[N+](C)(CC)CC.COCOC(=O)[O-]. The van der Waals surface area contributed by atoms with Crippen LogP contribution >= 0.6 is 0 Å². The molecule has 0 aromatic carbocycles. The average Bonchev–Trinajstić information content (AvgIpc) is 2.26. The van der Waals surface area contributed by atoms with Gasteiger partial charge in [0.2, 0.25) is 0 Å². The maximum Gasteiger partial charge on any atom is 0.253 e. The number of quaternary nitrogens is 1. The summed E-state index contributed by atoms with van der Waals surface area (Å²) < 4.78 is 9.19. The van der Waals surface area contributed by atoms with E-state index < -0.39 is 6.16 Å². The zero-order valence-electron chi connectivity index (χ0n) is 10.4. The van der Waals surface area contributed by atoms with Gasteiger partial charge in [-0.2, -0.15) is 0 Å². The summed E-state index contributed by atoms with van der Waals surface area (Å²) >= 11 is 0. The number of carbonyl (C=O) groups excluding carboxylic acids is 1. The highest BCUT2D eigenvalue weighted by molar-refractivity contribution is 5.53. The molecule has 0 aliphatic heterocycles. The van der Waals surface area contributed by atoms with Crippen LogP contribution < -0.4 is 5.11 Å².